The van der Waals surface area contributed by atoms with Crippen molar-refractivity contribution in [2.75, 3.05) is 5.32 Å². The van der Waals surface area contributed by atoms with E-state index in [2.05, 4.69) is 24.5 Å². The van der Waals surface area contributed by atoms with Gasteiger partial charge in [-0.2, -0.15) is 11.3 Å². The zero-order valence-electron chi connectivity index (χ0n) is 16.6. The summed E-state index contributed by atoms with van der Waals surface area (Å²) in [6.07, 6.45) is 1.22. The van der Waals surface area contributed by atoms with Crippen LogP contribution < -0.4 is 10.6 Å². The number of carbonyl (C=O) groups excluding carboxylic acids is 2. The molecule has 4 nitrogen and oxygen atoms in total. The van der Waals surface area contributed by atoms with Gasteiger partial charge < -0.3 is 10.6 Å². The van der Waals surface area contributed by atoms with Crippen LogP contribution in [0.25, 0.3) is 0 Å². The molecule has 0 saturated carbocycles. The minimum absolute atomic E-state index is 0.0829. The molecule has 2 heterocycles. The van der Waals surface area contributed by atoms with Crippen LogP contribution in [0.5, 0.6) is 0 Å². The van der Waals surface area contributed by atoms with Gasteiger partial charge in [0.05, 0.1) is 0 Å². The van der Waals surface area contributed by atoms with Gasteiger partial charge >= 0.3 is 0 Å². The molecule has 1 aromatic carbocycles. The normalized spacial score (nSPS) is 21.0. The van der Waals surface area contributed by atoms with Crippen LogP contribution in [0.1, 0.15) is 45.1 Å². The Hall–Kier alpha value is -2.73. The van der Waals surface area contributed by atoms with Crippen LogP contribution >= 0.6 is 11.3 Å². The van der Waals surface area contributed by atoms with Crippen molar-refractivity contribution in [2.24, 2.45) is 5.41 Å². The van der Waals surface area contributed by atoms with Crippen LogP contribution in [0.4, 0.5) is 10.1 Å². The first-order chi connectivity index (χ1) is 13.7. The van der Waals surface area contributed by atoms with E-state index in [1.165, 1.54) is 24.3 Å². The summed E-state index contributed by atoms with van der Waals surface area (Å²) in [5.41, 5.74) is 4.22. The number of thiophene rings is 1. The maximum absolute atomic E-state index is 13.2. The highest BCUT2D eigenvalue weighted by atomic mass is 32.1. The molecule has 2 N–H and O–H groups in total. The first-order valence-corrected chi connectivity index (χ1v) is 10.5. The Morgan fingerprint density at radius 3 is 2.59 bits per heavy atom. The van der Waals surface area contributed by atoms with E-state index in [9.17, 15) is 14.0 Å². The minimum Gasteiger partial charge on any atom is -0.362 e. The molecule has 0 unspecified atom stereocenters. The molecule has 1 aliphatic carbocycles. The molecular formula is C23H23FN2O2S. The average Bonchev–Trinajstić information content (AvgIpc) is 3.15. The smallest absolute Gasteiger partial charge is 0.254 e. The molecule has 0 bridgehead atoms. The monoisotopic (exact) mass is 410 g/mol. The lowest BCUT2D eigenvalue weighted by Gasteiger charge is -2.39. The van der Waals surface area contributed by atoms with Crippen molar-refractivity contribution in [2.45, 2.75) is 39.5 Å². The summed E-state index contributed by atoms with van der Waals surface area (Å²) in [6.45, 7) is 6.05. The van der Waals surface area contributed by atoms with Gasteiger partial charge in [0.15, 0.2) is 5.78 Å². The number of dihydropyridines is 1. The summed E-state index contributed by atoms with van der Waals surface area (Å²) < 4.78 is 13.2. The van der Waals surface area contributed by atoms with Gasteiger partial charge in [0.25, 0.3) is 5.91 Å². The standard InChI is InChI=1S/C23H23FN2O2S/c1-13-19(22(28)26-16-6-4-15(24)5-7-16)20(14-8-9-29-12-14)21-17(25-13)10-23(2,3)11-18(21)27/h4-9,12,20,25H,10-11H2,1-3H3,(H,26,28)/t20-/m1/s1. The lowest BCUT2D eigenvalue weighted by molar-refractivity contribution is -0.118. The summed E-state index contributed by atoms with van der Waals surface area (Å²) in [5, 5.41) is 10.1. The molecule has 2 aromatic rings. The number of ketones is 1. The quantitative estimate of drug-likeness (QED) is 0.738. The molecule has 1 aromatic heterocycles. The highest BCUT2D eigenvalue weighted by molar-refractivity contribution is 7.08. The largest absolute Gasteiger partial charge is 0.362 e. The number of allylic oxidation sites excluding steroid dienone is 3. The number of halogens is 1. The Balaban J connectivity index is 1.75. The van der Waals surface area contributed by atoms with E-state index in [1.807, 2.05) is 23.8 Å². The third kappa shape index (κ3) is 3.77. The van der Waals surface area contributed by atoms with E-state index in [-0.39, 0.29) is 22.9 Å². The topological polar surface area (TPSA) is 58.2 Å². The van der Waals surface area contributed by atoms with E-state index < -0.39 is 5.92 Å². The van der Waals surface area contributed by atoms with Crippen molar-refractivity contribution < 1.29 is 14.0 Å². The highest BCUT2D eigenvalue weighted by Gasteiger charge is 2.42. The zero-order chi connectivity index (χ0) is 20.8. The van der Waals surface area contributed by atoms with Gasteiger partial charge in [-0.15, -0.1) is 0 Å². The summed E-state index contributed by atoms with van der Waals surface area (Å²) in [5.74, 6) is -0.970. The van der Waals surface area contributed by atoms with E-state index in [0.29, 0.717) is 23.3 Å². The third-order valence-corrected chi connectivity index (χ3v) is 6.16. The fourth-order valence-corrected chi connectivity index (χ4v) is 4.93. The lowest BCUT2D eigenvalue weighted by Crippen LogP contribution is -2.39. The van der Waals surface area contributed by atoms with Gasteiger partial charge in [-0.1, -0.05) is 13.8 Å². The van der Waals surface area contributed by atoms with Crippen LogP contribution in [0, 0.1) is 11.2 Å². The van der Waals surface area contributed by atoms with Gasteiger partial charge in [0.2, 0.25) is 0 Å². The summed E-state index contributed by atoms with van der Waals surface area (Å²) in [7, 11) is 0. The maximum atomic E-state index is 13.2. The first kappa shape index (κ1) is 19.6. The van der Waals surface area contributed by atoms with Crippen molar-refractivity contribution in [3.63, 3.8) is 0 Å². The number of anilines is 1. The Morgan fingerprint density at radius 2 is 1.93 bits per heavy atom. The molecular weight excluding hydrogens is 387 g/mol. The van der Waals surface area contributed by atoms with E-state index >= 15 is 0 Å². The molecule has 6 heteroatoms. The van der Waals surface area contributed by atoms with Gasteiger partial charge in [-0.25, -0.2) is 4.39 Å². The second-order valence-electron chi connectivity index (χ2n) is 8.45. The van der Waals surface area contributed by atoms with Gasteiger partial charge in [-0.05, 0) is 65.4 Å². The Bertz CT molecular complexity index is 1030. The van der Waals surface area contributed by atoms with Crippen molar-refractivity contribution >= 4 is 28.7 Å². The van der Waals surface area contributed by atoms with Crippen LogP contribution in [0.3, 0.4) is 0 Å². The Kier molecular flexibility index (Phi) is 4.90. The van der Waals surface area contributed by atoms with Gasteiger partial charge in [-0.3, -0.25) is 9.59 Å². The van der Waals surface area contributed by atoms with Gasteiger partial charge in [0.1, 0.15) is 5.82 Å². The number of hydrogen-bond donors (Lipinski definition) is 2. The lowest BCUT2D eigenvalue weighted by atomic mass is 9.69. The predicted molar refractivity (Wildman–Crippen MR) is 113 cm³/mol. The molecule has 1 aliphatic heterocycles. The molecule has 0 fully saturated rings. The predicted octanol–water partition coefficient (Wildman–Crippen LogP) is 5.13. The fourth-order valence-electron chi connectivity index (χ4n) is 4.24. The van der Waals surface area contributed by atoms with Crippen LogP contribution in [0.15, 0.2) is 63.6 Å². The second-order valence-corrected chi connectivity index (χ2v) is 9.23. The maximum Gasteiger partial charge on any atom is 0.254 e. The number of carbonyl (C=O) groups is 2. The van der Waals surface area contributed by atoms with Crippen LogP contribution in [0.2, 0.25) is 0 Å². The molecule has 150 valence electrons. The van der Waals surface area contributed by atoms with E-state index in [1.54, 1.807) is 11.3 Å². The van der Waals surface area contributed by atoms with Crippen molar-refractivity contribution in [3.8, 4) is 0 Å². The van der Waals surface area contributed by atoms with Crippen molar-refractivity contribution in [1.82, 2.24) is 5.32 Å². The molecule has 0 spiro atoms. The molecule has 1 amide bonds. The second kappa shape index (κ2) is 7.26. The van der Waals surface area contributed by atoms with E-state index in [4.69, 9.17) is 0 Å². The highest BCUT2D eigenvalue weighted by Crippen LogP contribution is 2.47. The molecule has 0 saturated heterocycles. The van der Waals surface area contributed by atoms with E-state index in [0.717, 1.165) is 23.4 Å². The molecule has 0 radical (unpaired) electrons. The van der Waals surface area contributed by atoms with Crippen LogP contribution in [-0.2, 0) is 9.59 Å². The summed E-state index contributed by atoms with van der Waals surface area (Å²) >= 11 is 1.54. The Labute approximate surface area is 173 Å². The molecule has 2 aliphatic rings. The first-order valence-electron chi connectivity index (χ1n) is 9.58. The third-order valence-electron chi connectivity index (χ3n) is 5.46. The summed E-state index contributed by atoms with van der Waals surface area (Å²) in [4.78, 5) is 26.4. The molecule has 4 rings (SSSR count). The fraction of sp³-hybridized carbons (Fsp3) is 0.304. The van der Waals surface area contributed by atoms with Crippen LogP contribution in [-0.4, -0.2) is 11.7 Å². The number of rotatable bonds is 3. The van der Waals surface area contributed by atoms with Gasteiger partial charge in [0, 0.05) is 40.6 Å². The SMILES string of the molecule is CC1=C(C(=O)Nc2ccc(F)cc2)[C@@H](c2ccsc2)C2=C(CC(C)(C)CC2=O)N1. The average molecular weight is 411 g/mol. The number of nitrogens with one attached hydrogen (secondary N) is 2. The number of Topliss-reactive ketones (excluding diaryl/α,β-unsaturated/α-hetero) is 1. The number of benzene rings is 1. The van der Waals surface area contributed by atoms with Crippen molar-refractivity contribution in [3.05, 3.63) is 75.0 Å². The molecule has 29 heavy (non-hydrogen) atoms. The minimum atomic E-state index is -0.401. The molecule has 1 atom stereocenters. The number of amides is 1. The number of hydrogen-bond acceptors (Lipinski definition) is 4. The zero-order valence-corrected chi connectivity index (χ0v) is 17.5. The van der Waals surface area contributed by atoms with Crippen molar-refractivity contribution in [1.29, 1.82) is 0 Å². The summed E-state index contributed by atoms with van der Waals surface area (Å²) in [6, 6.07) is 7.63. The Morgan fingerprint density at radius 1 is 1.21 bits per heavy atom.